The maximum atomic E-state index is 11.3. The molecule has 1 aliphatic rings. The number of carbonyl (C=O) groups is 1. The Bertz CT molecular complexity index is 236. The van der Waals surface area contributed by atoms with Crippen LogP contribution in [0.15, 0.2) is 0 Å². The van der Waals surface area contributed by atoms with Crippen molar-refractivity contribution in [3.05, 3.63) is 0 Å². The Morgan fingerprint density at radius 1 is 1.38 bits per heavy atom. The van der Waals surface area contributed by atoms with E-state index >= 15 is 0 Å². The molecule has 1 saturated carbocycles. The number of hydrogen-bond acceptors (Lipinski definition) is 2. The molecule has 1 atom stereocenters. The molecule has 2 N–H and O–H groups in total. The molecule has 0 heterocycles. The summed E-state index contributed by atoms with van der Waals surface area (Å²) in [5.74, 6) is 0.232. The summed E-state index contributed by atoms with van der Waals surface area (Å²) < 4.78 is 0. The zero-order valence-corrected chi connectivity index (χ0v) is 11.1. The summed E-state index contributed by atoms with van der Waals surface area (Å²) in [5, 5.41) is 6.48. The highest BCUT2D eigenvalue weighted by Gasteiger charge is 2.33. The monoisotopic (exact) mass is 226 g/mol. The minimum Gasteiger partial charge on any atom is -0.355 e. The lowest BCUT2D eigenvalue weighted by molar-refractivity contribution is -0.123. The van der Waals surface area contributed by atoms with Crippen molar-refractivity contribution in [2.24, 2.45) is 11.3 Å². The first-order chi connectivity index (χ1) is 7.43. The Labute approximate surface area is 99.4 Å². The third-order valence-corrected chi connectivity index (χ3v) is 3.60. The molecule has 0 aromatic heterocycles. The lowest BCUT2D eigenvalue weighted by Gasteiger charge is -2.28. The summed E-state index contributed by atoms with van der Waals surface area (Å²) in [4.78, 5) is 11.3. The topological polar surface area (TPSA) is 41.1 Å². The minimum absolute atomic E-state index is 0.0860. The van der Waals surface area contributed by atoms with Gasteiger partial charge in [0.05, 0.1) is 0 Å². The van der Waals surface area contributed by atoms with Crippen molar-refractivity contribution < 1.29 is 4.79 Å². The third-order valence-electron chi connectivity index (χ3n) is 3.60. The molecule has 1 unspecified atom stereocenters. The van der Waals surface area contributed by atoms with Gasteiger partial charge in [0, 0.05) is 25.0 Å². The van der Waals surface area contributed by atoms with E-state index in [1.165, 1.54) is 19.3 Å². The quantitative estimate of drug-likeness (QED) is 0.703. The Kier molecular flexibility index (Phi) is 4.78. The van der Waals surface area contributed by atoms with Crippen LogP contribution in [0.1, 0.15) is 47.0 Å². The second-order valence-corrected chi connectivity index (χ2v) is 5.83. The first kappa shape index (κ1) is 13.5. The van der Waals surface area contributed by atoms with E-state index in [0.29, 0.717) is 11.5 Å². The summed E-state index contributed by atoms with van der Waals surface area (Å²) >= 11 is 0. The van der Waals surface area contributed by atoms with Gasteiger partial charge in [0.15, 0.2) is 0 Å². The molecule has 0 aromatic carbocycles. The van der Waals surface area contributed by atoms with Gasteiger partial charge in [-0.15, -0.1) is 0 Å². The average Bonchev–Trinajstić information content (AvgIpc) is 2.52. The fourth-order valence-corrected chi connectivity index (χ4v) is 2.34. The molecular formula is C13H26N2O. The van der Waals surface area contributed by atoms with E-state index in [9.17, 15) is 4.79 Å². The molecule has 0 radical (unpaired) electrons. The van der Waals surface area contributed by atoms with Crippen LogP contribution in [0, 0.1) is 11.3 Å². The first-order valence-electron chi connectivity index (χ1n) is 6.44. The maximum Gasteiger partial charge on any atom is 0.222 e. The molecular weight excluding hydrogens is 200 g/mol. The van der Waals surface area contributed by atoms with Gasteiger partial charge < -0.3 is 10.6 Å². The van der Waals surface area contributed by atoms with E-state index in [1.807, 2.05) is 13.8 Å². The van der Waals surface area contributed by atoms with Gasteiger partial charge in [0.2, 0.25) is 5.91 Å². The predicted octanol–water partition coefficient (Wildman–Crippen LogP) is 1.93. The fourth-order valence-electron chi connectivity index (χ4n) is 2.34. The first-order valence-corrected chi connectivity index (χ1v) is 6.44. The van der Waals surface area contributed by atoms with Crippen molar-refractivity contribution >= 4 is 5.91 Å². The molecule has 3 nitrogen and oxygen atoms in total. The van der Waals surface area contributed by atoms with E-state index in [-0.39, 0.29) is 11.8 Å². The largest absolute Gasteiger partial charge is 0.355 e. The SMILES string of the molecule is CC(C)C(=O)NCCNC1CCCC1(C)C. The number of hydrogen-bond donors (Lipinski definition) is 2. The van der Waals surface area contributed by atoms with Gasteiger partial charge in [-0.1, -0.05) is 34.1 Å². The normalized spacial score (nSPS) is 23.7. The van der Waals surface area contributed by atoms with Gasteiger partial charge in [0.1, 0.15) is 0 Å². The highest BCUT2D eigenvalue weighted by molar-refractivity contribution is 5.77. The van der Waals surface area contributed by atoms with E-state index in [0.717, 1.165) is 13.1 Å². The van der Waals surface area contributed by atoms with Crippen molar-refractivity contribution in [1.29, 1.82) is 0 Å². The molecule has 1 rings (SSSR count). The van der Waals surface area contributed by atoms with Crippen molar-refractivity contribution in [1.82, 2.24) is 10.6 Å². The lowest BCUT2D eigenvalue weighted by Crippen LogP contribution is -2.42. The van der Waals surface area contributed by atoms with Gasteiger partial charge in [-0.05, 0) is 18.3 Å². The Balaban J connectivity index is 2.14. The van der Waals surface area contributed by atoms with Crippen LogP contribution >= 0.6 is 0 Å². The Morgan fingerprint density at radius 2 is 2.06 bits per heavy atom. The van der Waals surface area contributed by atoms with Crippen LogP contribution in [-0.4, -0.2) is 25.0 Å². The molecule has 3 heteroatoms. The molecule has 94 valence electrons. The van der Waals surface area contributed by atoms with E-state index in [1.54, 1.807) is 0 Å². The van der Waals surface area contributed by atoms with Gasteiger partial charge in [-0.2, -0.15) is 0 Å². The van der Waals surface area contributed by atoms with Crippen LogP contribution in [-0.2, 0) is 4.79 Å². The van der Waals surface area contributed by atoms with Crippen LogP contribution < -0.4 is 10.6 Å². The molecule has 16 heavy (non-hydrogen) atoms. The van der Waals surface area contributed by atoms with Crippen LogP contribution in [0.4, 0.5) is 0 Å². The van der Waals surface area contributed by atoms with Gasteiger partial charge in [0.25, 0.3) is 0 Å². The molecule has 1 amide bonds. The maximum absolute atomic E-state index is 11.3. The van der Waals surface area contributed by atoms with Crippen molar-refractivity contribution in [3.63, 3.8) is 0 Å². The predicted molar refractivity (Wildman–Crippen MR) is 67.3 cm³/mol. The van der Waals surface area contributed by atoms with Crippen molar-refractivity contribution in [3.8, 4) is 0 Å². The van der Waals surface area contributed by atoms with Crippen molar-refractivity contribution in [2.75, 3.05) is 13.1 Å². The fraction of sp³-hybridized carbons (Fsp3) is 0.923. The van der Waals surface area contributed by atoms with E-state index < -0.39 is 0 Å². The molecule has 1 fully saturated rings. The van der Waals surface area contributed by atoms with Crippen molar-refractivity contribution in [2.45, 2.75) is 53.0 Å². The molecule has 0 saturated heterocycles. The highest BCUT2D eigenvalue weighted by Crippen LogP contribution is 2.36. The molecule has 1 aliphatic carbocycles. The van der Waals surface area contributed by atoms with Gasteiger partial charge in [-0.25, -0.2) is 0 Å². The standard InChI is InChI=1S/C13H26N2O/c1-10(2)12(16)15-9-8-14-11-6-5-7-13(11,3)4/h10-11,14H,5-9H2,1-4H3,(H,15,16). The van der Waals surface area contributed by atoms with Crippen LogP contribution in [0.2, 0.25) is 0 Å². The number of amides is 1. The summed E-state index contributed by atoms with van der Waals surface area (Å²) in [5.41, 5.74) is 0.419. The zero-order valence-electron chi connectivity index (χ0n) is 11.1. The summed E-state index contributed by atoms with van der Waals surface area (Å²) in [6, 6.07) is 0.614. The molecule has 0 bridgehead atoms. The third kappa shape index (κ3) is 3.78. The summed E-state index contributed by atoms with van der Waals surface area (Å²) in [7, 11) is 0. The molecule has 0 aromatic rings. The lowest BCUT2D eigenvalue weighted by atomic mass is 9.87. The number of nitrogens with one attached hydrogen (secondary N) is 2. The molecule has 0 aliphatic heterocycles. The Hall–Kier alpha value is -0.570. The number of carbonyl (C=O) groups excluding carboxylic acids is 1. The summed E-state index contributed by atoms with van der Waals surface area (Å²) in [6.45, 7) is 10.1. The zero-order chi connectivity index (χ0) is 12.2. The van der Waals surface area contributed by atoms with E-state index in [4.69, 9.17) is 0 Å². The van der Waals surface area contributed by atoms with Gasteiger partial charge >= 0.3 is 0 Å². The smallest absolute Gasteiger partial charge is 0.222 e. The minimum atomic E-state index is 0.0860. The van der Waals surface area contributed by atoms with E-state index in [2.05, 4.69) is 24.5 Å². The second kappa shape index (κ2) is 5.67. The van der Waals surface area contributed by atoms with Crippen LogP contribution in [0.3, 0.4) is 0 Å². The van der Waals surface area contributed by atoms with Crippen LogP contribution in [0.25, 0.3) is 0 Å². The van der Waals surface area contributed by atoms with Gasteiger partial charge in [-0.3, -0.25) is 4.79 Å². The highest BCUT2D eigenvalue weighted by atomic mass is 16.1. The van der Waals surface area contributed by atoms with Crippen LogP contribution in [0.5, 0.6) is 0 Å². The second-order valence-electron chi connectivity index (χ2n) is 5.83. The summed E-state index contributed by atoms with van der Waals surface area (Å²) in [6.07, 6.45) is 3.90. The molecule has 0 spiro atoms. The Morgan fingerprint density at radius 3 is 2.56 bits per heavy atom. The average molecular weight is 226 g/mol. The number of rotatable bonds is 5.